The predicted molar refractivity (Wildman–Crippen MR) is 100 cm³/mol. The molecule has 2 N–H and O–H groups in total. The van der Waals surface area contributed by atoms with Crippen LogP contribution in [0.15, 0.2) is 29.3 Å². The molecule has 130 valence electrons. The van der Waals surface area contributed by atoms with Gasteiger partial charge >= 0.3 is 0 Å². The highest BCUT2D eigenvalue weighted by Crippen LogP contribution is 2.35. The van der Waals surface area contributed by atoms with Crippen molar-refractivity contribution in [2.45, 2.75) is 26.9 Å². The molecule has 2 aromatic rings. The van der Waals surface area contributed by atoms with Gasteiger partial charge in [-0.15, -0.1) is 0 Å². The number of hydrogen-bond acceptors (Lipinski definition) is 5. The molecule has 0 bridgehead atoms. The van der Waals surface area contributed by atoms with Crippen LogP contribution < -0.4 is 15.4 Å². The number of aromatic nitrogens is 1. The maximum absolute atomic E-state index is 6.01. The van der Waals surface area contributed by atoms with Crippen molar-refractivity contribution in [3.63, 3.8) is 0 Å². The number of likely N-dealkylation sites (N-methyl/N-ethyl adjacent to an activating group) is 1. The zero-order valence-electron chi connectivity index (χ0n) is 15.0. The van der Waals surface area contributed by atoms with Gasteiger partial charge in [-0.05, 0) is 32.9 Å². The molecule has 0 aliphatic heterocycles. The van der Waals surface area contributed by atoms with Gasteiger partial charge in [0, 0.05) is 26.8 Å². The second-order valence-electron chi connectivity index (χ2n) is 5.72. The average molecular weight is 330 g/mol. The topological polar surface area (TPSA) is 73.0 Å². The summed E-state index contributed by atoms with van der Waals surface area (Å²) in [5, 5.41) is 0.917. The Hall–Kier alpha value is -2.34. The molecule has 0 saturated heterocycles. The molecule has 0 aliphatic carbocycles. The average Bonchev–Trinajstić information content (AvgIpc) is 2.54. The fraction of sp³-hybridized carbons (Fsp3) is 0.444. The molecular weight excluding hydrogens is 304 g/mol. The van der Waals surface area contributed by atoms with E-state index in [1.807, 2.05) is 57.0 Å². The lowest BCUT2D eigenvalue weighted by Crippen LogP contribution is -2.31. The standard InChI is InChI=1S/C18H26N4O2/c1-6-23-11-17(20-4)22(5)14-10-16(19)21-13-8-7-9-15(18(13)14)24-12(2)3/h7-10,12H,6,11H2,1-5H3,(H2,19,21). The monoisotopic (exact) mass is 330 g/mol. The normalized spacial score (nSPS) is 12.0. The maximum atomic E-state index is 6.01. The van der Waals surface area contributed by atoms with E-state index in [9.17, 15) is 0 Å². The van der Waals surface area contributed by atoms with E-state index in [0.717, 1.165) is 28.2 Å². The maximum Gasteiger partial charge on any atom is 0.131 e. The molecule has 2 rings (SSSR count). The van der Waals surface area contributed by atoms with Crippen molar-refractivity contribution in [1.82, 2.24) is 4.98 Å². The summed E-state index contributed by atoms with van der Waals surface area (Å²) in [6.45, 7) is 7.03. The summed E-state index contributed by atoms with van der Waals surface area (Å²) in [6, 6.07) is 7.64. The number of nitrogen functional groups attached to an aromatic ring is 1. The van der Waals surface area contributed by atoms with Crippen LogP contribution >= 0.6 is 0 Å². The first-order valence-corrected chi connectivity index (χ1v) is 8.11. The van der Waals surface area contributed by atoms with Crippen LogP contribution in [0.5, 0.6) is 5.75 Å². The van der Waals surface area contributed by atoms with Crippen LogP contribution in [0.4, 0.5) is 11.5 Å². The van der Waals surface area contributed by atoms with Gasteiger partial charge in [0.15, 0.2) is 0 Å². The lowest BCUT2D eigenvalue weighted by atomic mass is 10.1. The molecule has 0 aliphatic rings. The number of rotatable bonds is 6. The Kier molecular flexibility index (Phi) is 5.98. The molecule has 0 atom stereocenters. The SMILES string of the molecule is CCOCC(=NC)N(C)c1cc(N)nc2cccc(OC(C)C)c12. The van der Waals surface area contributed by atoms with E-state index in [2.05, 4.69) is 9.98 Å². The van der Waals surface area contributed by atoms with Crippen molar-refractivity contribution in [2.75, 3.05) is 37.9 Å². The number of pyridine rings is 1. The summed E-state index contributed by atoms with van der Waals surface area (Å²) in [7, 11) is 3.70. The van der Waals surface area contributed by atoms with Gasteiger partial charge in [0.2, 0.25) is 0 Å². The van der Waals surface area contributed by atoms with Gasteiger partial charge in [-0.3, -0.25) is 4.99 Å². The summed E-state index contributed by atoms with van der Waals surface area (Å²) < 4.78 is 11.5. The van der Waals surface area contributed by atoms with Crippen molar-refractivity contribution in [2.24, 2.45) is 4.99 Å². The first-order chi connectivity index (χ1) is 11.5. The van der Waals surface area contributed by atoms with E-state index in [1.165, 1.54) is 0 Å². The third-order valence-electron chi connectivity index (χ3n) is 3.60. The highest BCUT2D eigenvalue weighted by molar-refractivity contribution is 6.07. The minimum absolute atomic E-state index is 0.0639. The van der Waals surface area contributed by atoms with Crippen LogP contribution in [0.3, 0.4) is 0 Å². The van der Waals surface area contributed by atoms with Gasteiger partial charge in [-0.25, -0.2) is 4.98 Å². The minimum atomic E-state index is 0.0639. The van der Waals surface area contributed by atoms with E-state index < -0.39 is 0 Å². The number of ether oxygens (including phenoxy) is 2. The largest absolute Gasteiger partial charge is 0.490 e. The number of aliphatic imine (C=N–C) groups is 1. The fourth-order valence-electron chi connectivity index (χ4n) is 2.51. The number of hydrogen-bond donors (Lipinski definition) is 1. The predicted octanol–water partition coefficient (Wildman–Crippen LogP) is 3.11. The van der Waals surface area contributed by atoms with Crippen molar-refractivity contribution >= 4 is 28.2 Å². The van der Waals surface area contributed by atoms with Gasteiger partial charge in [0.05, 0.1) is 22.7 Å². The number of nitrogens with zero attached hydrogens (tertiary/aromatic N) is 3. The Balaban J connectivity index is 2.59. The number of amidine groups is 1. The quantitative estimate of drug-likeness (QED) is 0.651. The lowest BCUT2D eigenvalue weighted by Gasteiger charge is -2.24. The molecular formula is C18H26N4O2. The van der Waals surface area contributed by atoms with Gasteiger partial charge in [-0.1, -0.05) is 6.07 Å². The zero-order chi connectivity index (χ0) is 17.7. The molecule has 24 heavy (non-hydrogen) atoms. The molecule has 0 unspecified atom stereocenters. The summed E-state index contributed by atoms with van der Waals surface area (Å²) in [4.78, 5) is 10.8. The van der Waals surface area contributed by atoms with Crippen molar-refractivity contribution < 1.29 is 9.47 Å². The number of fused-ring (bicyclic) bond motifs is 1. The molecule has 6 nitrogen and oxygen atoms in total. The zero-order valence-corrected chi connectivity index (χ0v) is 15.0. The van der Waals surface area contributed by atoms with Crippen molar-refractivity contribution in [3.05, 3.63) is 24.3 Å². The van der Waals surface area contributed by atoms with E-state index in [-0.39, 0.29) is 6.10 Å². The van der Waals surface area contributed by atoms with Crippen LogP contribution in [0.25, 0.3) is 10.9 Å². The molecule has 0 saturated carbocycles. The molecule has 0 fully saturated rings. The Morgan fingerprint density at radius 2 is 2.12 bits per heavy atom. The van der Waals surface area contributed by atoms with Crippen LogP contribution in [-0.4, -0.2) is 44.2 Å². The minimum Gasteiger partial charge on any atom is -0.490 e. The van der Waals surface area contributed by atoms with Gasteiger partial charge in [-0.2, -0.15) is 0 Å². The van der Waals surface area contributed by atoms with Crippen molar-refractivity contribution in [3.8, 4) is 5.75 Å². The second-order valence-corrected chi connectivity index (χ2v) is 5.72. The fourth-order valence-corrected chi connectivity index (χ4v) is 2.51. The third-order valence-corrected chi connectivity index (χ3v) is 3.60. The first kappa shape index (κ1) is 18.0. The number of benzene rings is 1. The van der Waals surface area contributed by atoms with Crippen LogP contribution in [0, 0.1) is 0 Å². The molecule has 0 radical (unpaired) electrons. The second kappa shape index (κ2) is 7.97. The Labute approximate surface area is 143 Å². The highest BCUT2D eigenvalue weighted by atomic mass is 16.5. The molecule has 1 heterocycles. The van der Waals surface area contributed by atoms with Crippen molar-refractivity contribution in [1.29, 1.82) is 0 Å². The molecule has 0 amide bonds. The molecule has 1 aromatic carbocycles. The third kappa shape index (κ3) is 3.94. The number of nitrogens with two attached hydrogens (primary N) is 1. The Bertz CT molecular complexity index is 728. The van der Waals surface area contributed by atoms with Crippen LogP contribution in [0.1, 0.15) is 20.8 Å². The van der Waals surface area contributed by atoms with Crippen LogP contribution in [-0.2, 0) is 4.74 Å². The van der Waals surface area contributed by atoms with Crippen LogP contribution in [0.2, 0.25) is 0 Å². The van der Waals surface area contributed by atoms with E-state index in [4.69, 9.17) is 15.2 Å². The summed E-state index contributed by atoms with van der Waals surface area (Å²) >= 11 is 0. The Morgan fingerprint density at radius 3 is 2.75 bits per heavy atom. The molecule has 6 heteroatoms. The van der Waals surface area contributed by atoms with E-state index in [0.29, 0.717) is 19.0 Å². The lowest BCUT2D eigenvalue weighted by molar-refractivity contribution is 0.186. The molecule has 1 aromatic heterocycles. The summed E-state index contributed by atoms with van der Waals surface area (Å²) in [5.74, 6) is 2.05. The highest BCUT2D eigenvalue weighted by Gasteiger charge is 2.17. The molecule has 0 spiro atoms. The smallest absolute Gasteiger partial charge is 0.131 e. The first-order valence-electron chi connectivity index (χ1n) is 8.11. The summed E-state index contributed by atoms with van der Waals surface area (Å²) in [5.41, 5.74) is 7.70. The number of anilines is 2. The summed E-state index contributed by atoms with van der Waals surface area (Å²) in [6.07, 6.45) is 0.0639. The van der Waals surface area contributed by atoms with E-state index >= 15 is 0 Å². The van der Waals surface area contributed by atoms with Gasteiger partial charge in [0.1, 0.15) is 24.0 Å². The van der Waals surface area contributed by atoms with Gasteiger partial charge < -0.3 is 20.1 Å². The Morgan fingerprint density at radius 1 is 1.38 bits per heavy atom. The van der Waals surface area contributed by atoms with E-state index in [1.54, 1.807) is 7.05 Å². The van der Waals surface area contributed by atoms with Gasteiger partial charge in [0.25, 0.3) is 0 Å².